The molecule has 4 heteroatoms. The Hall–Kier alpha value is -2.49. The first-order chi connectivity index (χ1) is 10.9. The molecule has 1 heterocycles. The Morgan fingerprint density at radius 2 is 1.96 bits per heavy atom. The molecule has 1 aliphatic heterocycles. The second-order valence-electron chi connectivity index (χ2n) is 6.78. The fourth-order valence-electron chi connectivity index (χ4n) is 3.07. The number of amides is 1. The standard InChI is InChI=1S/C19H21NO3/c1-12-5-4-6-13(9-12)14-7-8-15-16(10-14)23-11-19(2,3)17(15)20-18(21)22/h4-10,17,20H,11H2,1-3H3,(H,21,22). The number of hydrogen-bond donors (Lipinski definition) is 2. The van der Waals surface area contributed by atoms with Gasteiger partial charge in [0, 0.05) is 11.0 Å². The van der Waals surface area contributed by atoms with E-state index in [-0.39, 0.29) is 11.5 Å². The van der Waals surface area contributed by atoms with Crippen LogP contribution >= 0.6 is 0 Å². The van der Waals surface area contributed by atoms with Gasteiger partial charge in [-0.1, -0.05) is 55.8 Å². The number of ether oxygens (including phenoxy) is 1. The third-order valence-electron chi connectivity index (χ3n) is 4.32. The van der Waals surface area contributed by atoms with Crippen LogP contribution in [0.25, 0.3) is 11.1 Å². The van der Waals surface area contributed by atoms with Crippen molar-refractivity contribution in [3.63, 3.8) is 0 Å². The fraction of sp³-hybridized carbons (Fsp3) is 0.316. The topological polar surface area (TPSA) is 58.6 Å². The van der Waals surface area contributed by atoms with Crippen molar-refractivity contribution in [2.45, 2.75) is 26.8 Å². The van der Waals surface area contributed by atoms with E-state index in [2.05, 4.69) is 30.4 Å². The molecule has 2 N–H and O–H groups in total. The lowest BCUT2D eigenvalue weighted by Crippen LogP contribution is -2.43. The summed E-state index contributed by atoms with van der Waals surface area (Å²) in [5.41, 5.74) is 3.99. The number of rotatable bonds is 2. The molecule has 0 fully saturated rings. The average Bonchev–Trinajstić information content (AvgIpc) is 2.49. The van der Waals surface area contributed by atoms with Crippen molar-refractivity contribution in [3.05, 3.63) is 53.6 Å². The smallest absolute Gasteiger partial charge is 0.405 e. The molecule has 4 nitrogen and oxygen atoms in total. The second-order valence-corrected chi connectivity index (χ2v) is 6.78. The quantitative estimate of drug-likeness (QED) is 0.865. The minimum Gasteiger partial charge on any atom is -0.493 e. The Labute approximate surface area is 136 Å². The van der Waals surface area contributed by atoms with Crippen molar-refractivity contribution >= 4 is 6.09 Å². The van der Waals surface area contributed by atoms with E-state index in [0.717, 1.165) is 22.4 Å². The molecule has 1 aliphatic rings. The van der Waals surface area contributed by atoms with Crippen LogP contribution in [0.3, 0.4) is 0 Å². The summed E-state index contributed by atoms with van der Waals surface area (Å²) in [6.07, 6.45) is -1.02. The van der Waals surface area contributed by atoms with Gasteiger partial charge in [-0.2, -0.15) is 0 Å². The van der Waals surface area contributed by atoms with Gasteiger partial charge < -0.3 is 15.2 Å². The van der Waals surface area contributed by atoms with Crippen molar-refractivity contribution in [2.75, 3.05) is 6.61 Å². The van der Waals surface area contributed by atoms with Gasteiger partial charge in [0.25, 0.3) is 0 Å². The normalized spacial score (nSPS) is 18.7. The van der Waals surface area contributed by atoms with Crippen molar-refractivity contribution in [1.82, 2.24) is 5.32 Å². The largest absolute Gasteiger partial charge is 0.493 e. The molecule has 0 bridgehead atoms. The maximum Gasteiger partial charge on any atom is 0.405 e. The van der Waals surface area contributed by atoms with Crippen molar-refractivity contribution in [3.8, 4) is 16.9 Å². The second kappa shape index (κ2) is 5.61. The Balaban J connectivity index is 2.02. The number of benzene rings is 2. The number of carboxylic acid groups (broad SMARTS) is 1. The molecule has 1 amide bonds. The lowest BCUT2D eigenvalue weighted by molar-refractivity contribution is 0.0996. The van der Waals surface area contributed by atoms with Crippen LogP contribution in [0.15, 0.2) is 42.5 Å². The zero-order valence-electron chi connectivity index (χ0n) is 13.6. The molecule has 1 unspecified atom stereocenters. The highest BCUT2D eigenvalue weighted by Crippen LogP contribution is 2.44. The van der Waals surface area contributed by atoms with Gasteiger partial charge in [-0.25, -0.2) is 4.79 Å². The molecule has 23 heavy (non-hydrogen) atoms. The first kappa shape index (κ1) is 15.4. The summed E-state index contributed by atoms with van der Waals surface area (Å²) in [5, 5.41) is 11.8. The molecule has 2 aromatic rings. The number of nitrogens with one attached hydrogen (secondary N) is 1. The summed E-state index contributed by atoms with van der Waals surface area (Å²) in [7, 11) is 0. The van der Waals surface area contributed by atoms with E-state index in [4.69, 9.17) is 9.84 Å². The van der Waals surface area contributed by atoms with E-state index in [1.165, 1.54) is 5.56 Å². The summed E-state index contributed by atoms with van der Waals surface area (Å²) in [5.74, 6) is 0.752. The highest BCUT2D eigenvalue weighted by Gasteiger charge is 2.38. The van der Waals surface area contributed by atoms with Crippen molar-refractivity contribution in [1.29, 1.82) is 0 Å². The van der Waals surface area contributed by atoms with E-state index in [1.54, 1.807) is 0 Å². The lowest BCUT2D eigenvalue weighted by Gasteiger charge is -2.39. The lowest BCUT2D eigenvalue weighted by atomic mass is 9.78. The van der Waals surface area contributed by atoms with Crippen LogP contribution in [0, 0.1) is 12.3 Å². The summed E-state index contributed by atoms with van der Waals surface area (Å²) in [6, 6.07) is 14.0. The zero-order valence-corrected chi connectivity index (χ0v) is 13.6. The number of fused-ring (bicyclic) bond motifs is 1. The third kappa shape index (κ3) is 3.02. The fourth-order valence-corrected chi connectivity index (χ4v) is 3.07. The van der Waals surface area contributed by atoms with E-state index in [1.807, 2.05) is 38.1 Å². The Kier molecular flexibility index (Phi) is 3.76. The van der Waals surface area contributed by atoms with Gasteiger partial charge >= 0.3 is 6.09 Å². The summed E-state index contributed by atoms with van der Waals surface area (Å²) in [4.78, 5) is 11.1. The van der Waals surface area contributed by atoms with Crippen LogP contribution in [-0.2, 0) is 0 Å². The van der Waals surface area contributed by atoms with E-state index >= 15 is 0 Å². The molecule has 1 atom stereocenters. The first-order valence-electron chi connectivity index (χ1n) is 7.70. The van der Waals surface area contributed by atoms with Gasteiger partial charge in [-0.15, -0.1) is 0 Å². The molecular formula is C19H21NO3. The maximum atomic E-state index is 11.1. The summed E-state index contributed by atoms with van der Waals surface area (Å²) in [6.45, 7) is 6.55. The predicted molar refractivity (Wildman–Crippen MR) is 89.8 cm³/mol. The van der Waals surface area contributed by atoms with Crippen LogP contribution in [0.1, 0.15) is 31.0 Å². The zero-order chi connectivity index (χ0) is 16.6. The molecule has 0 saturated heterocycles. The van der Waals surface area contributed by atoms with Gasteiger partial charge in [-0.3, -0.25) is 0 Å². The third-order valence-corrected chi connectivity index (χ3v) is 4.32. The molecule has 120 valence electrons. The molecular weight excluding hydrogens is 290 g/mol. The molecule has 0 aromatic heterocycles. The average molecular weight is 311 g/mol. The Morgan fingerprint density at radius 1 is 1.22 bits per heavy atom. The molecule has 0 saturated carbocycles. The molecule has 0 spiro atoms. The van der Waals surface area contributed by atoms with E-state index in [9.17, 15) is 4.79 Å². The summed E-state index contributed by atoms with van der Waals surface area (Å²) < 4.78 is 5.91. The molecule has 0 radical (unpaired) electrons. The minimum atomic E-state index is -1.02. The predicted octanol–water partition coefficient (Wildman–Crippen LogP) is 4.39. The molecule has 2 aromatic carbocycles. The van der Waals surface area contributed by atoms with Crippen molar-refractivity contribution in [2.24, 2.45) is 5.41 Å². The number of hydrogen-bond acceptors (Lipinski definition) is 2. The van der Waals surface area contributed by atoms with Crippen LogP contribution in [-0.4, -0.2) is 17.8 Å². The van der Waals surface area contributed by atoms with Crippen LogP contribution < -0.4 is 10.1 Å². The Bertz CT molecular complexity index is 752. The highest BCUT2D eigenvalue weighted by atomic mass is 16.5. The van der Waals surface area contributed by atoms with Gasteiger partial charge in [0.2, 0.25) is 0 Å². The van der Waals surface area contributed by atoms with Gasteiger partial charge in [-0.05, 0) is 24.1 Å². The maximum absolute atomic E-state index is 11.1. The van der Waals surface area contributed by atoms with Crippen molar-refractivity contribution < 1.29 is 14.6 Å². The van der Waals surface area contributed by atoms with Gasteiger partial charge in [0.1, 0.15) is 5.75 Å². The molecule has 0 aliphatic carbocycles. The van der Waals surface area contributed by atoms with Gasteiger partial charge in [0.15, 0.2) is 0 Å². The SMILES string of the molecule is Cc1cccc(-c2ccc3c(c2)OCC(C)(C)C3NC(=O)O)c1. The van der Waals surface area contributed by atoms with E-state index in [0.29, 0.717) is 6.61 Å². The first-order valence-corrected chi connectivity index (χ1v) is 7.70. The highest BCUT2D eigenvalue weighted by molar-refractivity contribution is 5.69. The van der Waals surface area contributed by atoms with E-state index < -0.39 is 6.09 Å². The number of aryl methyl sites for hydroxylation is 1. The Morgan fingerprint density at radius 3 is 2.65 bits per heavy atom. The molecule has 3 rings (SSSR count). The summed E-state index contributed by atoms with van der Waals surface area (Å²) >= 11 is 0. The monoisotopic (exact) mass is 311 g/mol. The van der Waals surface area contributed by atoms with Crippen LogP contribution in [0.2, 0.25) is 0 Å². The minimum absolute atomic E-state index is 0.282. The van der Waals surface area contributed by atoms with Gasteiger partial charge in [0.05, 0.1) is 12.6 Å². The number of carbonyl (C=O) groups is 1. The van der Waals surface area contributed by atoms with Crippen LogP contribution in [0.5, 0.6) is 5.75 Å². The van der Waals surface area contributed by atoms with Crippen LogP contribution in [0.4, 0.5) is 4.79 Å².